The van der Waals surface area contributed by atoms with Crippen molar-refractivity contribution < 1.29 is 13.5 Å². The Balaban J connectivity index is 1.91. The SMILES string of the molecule is O=S(=O)(NCCc1ccc(O)cc1)c1cnc[nH]1. The van der Waals surface area contributed by atoms with Crippen molar-refractivity contribution in [2.24, 2.45) is 0 Å². The number of hydrogen-bond acceptors (Lipinski definition) is 4. The molecule has 0 aliphatic rings. The lowest BCUT2D eigenvalue weighted by atomic mass is 10.1. The molecule has 0 saturated carbocycles. The van der Waals surface area contributed by atoms with Crippen LogP contribution < -0.4 is 4.72 Å². The molecule has 2 rings (SSSR count). The Kier molecular flexibility index (Phi) is 3.63. The second kappa shape index (κ2) is 5.19. The molecule has 7 heteroatoms. The van der Waals surface area contributed by atoms with Gasteiger partial charge < -0.3 is 10.1 Å². The first kappa shape index (κ1) is 12.6. The molecular weight excluding hydrogens is 254 g/mol. The minimum absolute atomic E-state index is 0.0493. The van der Waals surface area contributed by atoms with Gasteiger partial charge in [0.1, 0.15) is 5.75 Å². The number of nitrogens with one attached hydrogen (secondary N) is 2. The fourth-order valence-corrected chi connectivity index (χ4v) is 2.39. The third-order valence-corrected chi connectivity index (χ3v) is 3.79. The largest absolute Gasteiger partial charge is 0.508 e. The van der Waals surface area contributed by atoms with Crippen LogP contribution in [0.3, 0.4) is 0 Å². The molecule has 1 aromatic heterocycles. The van der Waals surface area contributed by atoms with E-state index in [9.17, 15) is 8.42 Å². The van der Waals surface area contributed by atoms with Crippen LogP contribution in [-0.4, -0.2) is 30.0 Å². The van der Waals surface area contributed by atoms with E-state index in [1.54, 1.807) is 24.3 Å². The Bertz CT molecular complexity index is 591. The van der Waals surface area contributed by atoms with Gasteiger partial charge in [0.05, 0.1) is 12.5 Å². The van der Waals surface area contributed by atoms with Crippen molar-refractivity contribution in [1.29, 1.82) is 0 Å². The van der Waals surface area contributed by atoms with Gasteiger partial charge in [-0.3, -0.25) is 0 Å². The maximum absolute atomic E-state index is 11.7. The van der Waals surface area contributed by atoms with Crippen LogP contribution in [0.5, 0.6) is 5.75 Å². The fourth-order valence-electron chi connectivity index (χ4n) is 1.46. The average molecular weight is 267 g/mol. The number of phenolic OH excluding ortho intramolecular Hbond substituents is 1. The van der Waals surface area contributed by atoms with E-state index in [4.69, 9.17) is 5.11 Å². The molecule has 0 aliphatic heterocycles. The standard InChI is InChI=1S/C11H13N3O3S/c15-10-3-1-9(2-4-10)5-6-14-18(16,17)11-7-12-8-13-11/h1-4,7-8,14-15H,5-6H2,(H,12,13). The van der Waals surface area contributed by atoms with Gasteiger partial charge >= 0.3 is 0 Å². The number of nitrogens with zero attached hydrogens (tertiary/aromatic N) is 1. The normalized spacial score (nSPS) is 11.6. The van der Waals surface area contributed by atoms with Crippen LogP contribution >= 0.6 is 0 Å². The minimum Gasteiger partial charge on any atom is -0.508 e. The molecule has 3 N–H and O–H groups in total. The summed E-state index contributed by atoms with van der Waals surface area (Å²) < 4.78 is 25.9. The highest BCUT2D eigenvalue weighted by Crippen LogP contribution is 2.10. The lowest BCUT2D eigenvalue weighted by molar-refractivity contribution is 0.475. The molecule has 6 nitrogen and oxygen atoms in total. The van der Waals surface area contributed by atoms with Gasteiger partial charge in [-0.25, -0.2) is 18.1 Å². The van der Waals surface area contributed by atoms with Crippen molar-refractivity contribution >= 4 is 10.0 Å². The van der Waals surface area contributed by atoms with E-state index in [-0.39, 0.29) is 17.3 Å². The first-order valence-corrected chi connectivity index (χ1v) is 6.82. The zero-order valence-corrected chi connectivity index (χ0v) is 10.3. The number of sulfonamides is 1. The van der Waals surface area contributed by atoms with Crippen molar-refractivity contribution in [3.05, 3.63) is 42.4 Å². The molecule has 0 bridgehead atoms. The molecule has 96 valence electrons. The van der Waals surface area contributed by atoms with Crippen LogP contribution in [0.1, 0.15) is 5.56 Å². The molecular formula is C11H13N3O3S. The number of phenols is 1. The lowest BCUT2D eigenvalue weighted by Gasteiger charge is -2.04. The molecule has 0 unspecified atom stereocenters. The van der Waals surface area contributed by atoms with Crippen LogP contribution in [0.25, 0.3) is 0 Å². The summed E-state index contributed by atoms with van der Waals surface area (Å²) in [4.78, 5) is 6.20. The Morgan fingerprint density at radius 3 is 2.61 bits per heavy atom. The molecule has 2 aromatic rings. The van der Waals surface area contributed by atoms with Crippen LogP contribution in [0, 0.1) is 0 Å². The summed E-state index contributed by atoms with van der Waals surface area (Å²) >= 11 is 0. The summed E-state index contributed by atoms with van der Waals surface area (Å²) in [6, 6.07) is 6.64. The molecule has 0 saturated heterocycles. The number of aromatic amines is 1. The van der Waals surface area contributed by atoms with Crippen LogP contribution in [-0.2, 0) is 16.4 Å². The smallest absolute Gasteiger partial charge is 0.257 e. The number of H-pyrrole nitrogens is 1. The molecule has 0 amide bonds. The summed E-state index contributed by atoms with van der Waals surface area (Å²) in [7, 11) is -3.51. The maximum Gasteiger partial charge on any atom is 0.257 e. The molecule has 0 radical (unpaired) electrons. The predicted molar refractivity (Wildman–Crippen MR) is 65.6 cm³/mol. The van der Waals surface area contributed by atoms with Gasteiger partial charge in [0.25, 0.3) is 10.0 Å². The van der Waals surface area contributed by atoms with E-state index in [0.717, 1.165) is 5.56 Å². The molecule has 18 heavy (non-hydrogen) atoms. The molecule has 1 heterocycles. The Hall–Kier alpha value is -1.86. The number of imidazole rings is 1. The molecule has 0 atom stereocenters. The van der Waals surface area contributed by atoms with E-state index >= 15 is 0 Å². The second-order valence-corrected chi connectivity index (χ2v) is 5.47. The van der Waals surface area contributed by atoms with E-state index in [2.05, 4.69) is 14.7 Å². The van der Waals surface area contributed by atoms with Gasteiger partial charge in [-0.05, 0) is 24.1 Å². The quantitative estimate of drug-likeness (QED) is 0.740. The topological polar surface area (TPSA) is 95.1 Å². The van der Waals surface area contributed by atoms with Gasteiger partial charge in [0.15, 0.2) is 5.03 Å². The monoisotopic (exact) mass is 267 g/mol. The Morgan fingerprint density at radius 1 is 1.28 bits per heavy atom. The van der Waals surface area contributed by atoms with Gasteiger partial charge in [0.2, 0.25) is 0 Å². The third-order valence-electron chi connectivity index (χ3n) is 2.40. The summed E-state index contributed by atoms with van der Waals surface area (Å²) in [6.07, 6.45) is 3.12. The van der Waals surface area contributed by atoms with Crippen LogP contribution in [0.2, 0.25) is 0 Å². The highest BCUT2D eigenvalue weighted by atomic mass is 32.2. The summed E-state index contributed by atoms with van der Waals surface area (Å²) in [5, 5.41) is 9.16. The van der Waals surface area contributed by atoms with E-state index < -0.39 is 10.0 Å². The Morgan fingerprint density at radius 2 is 2.00 bits per heavy atom. The maximum atomic E-state index is 11.7. The van der Waals surface area contributed by atoms with Crippen molar-refractivity contribution in [2.45, 2.75) is 11.4 Å². The lowest BCUT2D eigenvalue weighted by Crippen LogP contribution is -2.26. The van der Waals surface area contributed by atoms with Crippen molar-refractivity contribution in [3.63, 3.8) is 0 Å². The van der Waals surface area contributed by atoms with Crippen molar-refractivity contribution in [1.82, 2.24) is 14.7 Å². The molecule has 1 aromatic carbocycles. The third kappa shape index (κ3) is 3.08. The minimum atomic E-state index is -3.51. The number of benzene rings is 1. The number of hydrogen-bond donors (Lipinski definition) is 3. The zero-order valence-electron chi connectivity index (χ0n) is 9.50. The number of rotatable bonds is 5. The molecule has 0 spiro atoms. The first-order valence-electron chi connectivity index (χ1n) is 5.34. The summed E-state index contributed by atoms with van der Waals surface area (Å²) in [6.45, 7) is 0.284. The first-order chi connectivity index (χ1) is 8.58. The summed E-state index contributed by atoms with van der Waals surface area (Å²) in [5.41, 5.74) is 0.945. The van der Waals surface area contributed by atoms with Crippen LogP contribution in [0.4, 0.5) is 0 Å². The molecule has 0 fully saturated rings. The zero-order chi connectivity index (χ0) is 13.0. The Labute approximate surface area is 105 Å². The van der Waals surface area contributed by atoms with Gasteiger partial charge in [0, 0.05) is 6.54 Å². The predicted octanol–water partition coefficient (Wildman–Crippen LogP) is 0.636. The van der Waals surface area contributed by atoms with E-state index in [1.165, 1.54) is 12.5 Å². The van der Waals surface area contributed by atoms with E-state index in [1.807, 2.05) is 0 Å². The highest BCUT2D eigenvalue weighted by molar-refractivity contribution is 7.89. The van der Waals surface area contributed by atoms with Crippen molar-refractivity contribution in [2.75, 3.05) is 6.54 Å². The fraction of sp³-hybridized carbons (Fsp3) is 0.182. The van der Waals surface area contributed by atoms with E-state index in [0.29, 0.717) is 6.42 Å². The van der Waals surface area contributed by atoms with Gasteiger partial charge in [-0.1, -0.05) is 12.1 Å². The van der Waals surface area contributed by atoms with Gasteiger partial charge in [-0.2, -0.15) is 0 Å². The van der Waals surface area contributed by atoms with Crippen molar-refractivity contribution in [3.8, 4) is 5.75 Å². The summed E-state index contributed by atoms with van der Waals surface area (Å²) in [5.74, 6) is 0.191. The average Bonchev–Trinajstić information content (AvgIpc) is 2.86. The number of aromatic hydroxyl groups is 1. The van der Waals surface area contributed by atoms with Crippen LogP contribution in [0.15, 0.2) is 41.8 Å². The second-order valence-electron chi connectivity index (χ2n) is 3.73. The number of aromatic nitrogens is 2. The highest BCUT2D eigenvalue weighted by Gasteiger charge is 2.14. The van der Waals surface area contributed by atoms with Gasteiger partial charge in [-0.15, -0.1) is 0 Å². The molecule has 0 aliphatic carbocycles.